The van der Waals surface area contributed by atoms with Gasteiger partial charge in [0.25, 0.3) is 0 Å². The molecule has 2 aliphatic rings. The molecule has 0 bridgehead atoms. The van der Waals surface area contributed by atoms with Crippen molar-refractivity contribution in [2.45, 2.75) is 83.3 Å². The molecule has 0 radical (unpaired) electrons. The van der Waals surface area contributed by atoms with Crippen LogP contribution in [0.2, 0.25) is 0 Å². The summed E-state index contributed by atoms with van der Waals surface area (Å²) >= 11 is 0. The molecule has 5 rings (SSSR count). The number of hydrogen-bond donors (Lipinski definition) is 2. The quantitative estimate of drug-likeness (QED) is 0.281. The maximum Gasteiger partial charge on any atom is 0.418 e. The number of rotatable bonds is 7. The van der Waals surface area contributed by atoms with Crippen molar-refractivity contribution in [1.29, 1.82) is 0 Å². The van der Waals surface area contributed by atoms with Crippen LogP contribution in [-0.2, 0) is 19.1 Å². The molecule has 7 nitrogen and oxygen atoms in total. The molecule has 1 aliphatic carbocycles. The molecule has 11 heteroatoms. The van der Waals surface area contributed by atoms with Crippen molar-refractivity contribution in [2.24, 2.45) is 5.92 Å². The summed E-state index contributed by atoms with van der Waals surface area (Å²) in [5, 5.41) is 17.8. The third kappa shape index (κ3) is 5.68. The lowest BCUT2D eigenvalue weighted by Gasteiger charge is -2.30. The van der Waals surface area contributed by atoms with E-state index in [1.807, 2.05) is 6.92 Å². The summed E-state index contributed by atoms with van der Waals surface area (Å²) in [7, 11) is 0. The number of anilines is 1. The summed E-state index contributed by atoms with van der Waals surface area (Å²) in [5.41, 5.74) is -2.01. The fourth-order valence-corrected chi connectivity index (χ4v) is 5.57. The third-order valence-electron chi connectivity index (χ3n) is 7.72. The molecular weight excluding hydrogens is 516 g/mol. The van der Waals surface area contributed by atoms with Gasteiger partial charge in [0.2, 0.25) is 0 Å². The highest BCUT2D eigenvalue weighted by molar-refractivity contribution is 5.55. The van der Waals surface area contributed by atoms with E-state index in [1.54, 1.807) is 0 Å². The minimum absolute atomic E-state index is 0.0758. The zero-order valence-electron chi connectivity index (χ0n) is 21.7. The lowest BCUT2D eigenvalue weighted by molar-refractivity contribution is -0.137. The molecule has 1 aromatic heterocycles. The predicted octanol–water partition coefficient (Wildman–Crippen LogP) is 5.98. The van der Waals surface area contributed by atoms with Gasteiger partial charge in [-0.15, -0.1) is 5.10 Å². The number of aliphatic hydroxyl groups is 1. The van der Waals surface area contributed by atoms with Gasteiger partial charge in [0, 0.05) is 30.3 Å². The van der Waals surface area contributed by atoms with Crippen molar-refractivity contribution in [1.82, 2.24) is 14.3 Å². The molecule has 0 spiro atoms. The molecule has 2 N–H and O–H groups in total. The Kier molecular flexibility index (Phi) is 7.70. The molecule has 1 unspecified atom stereocenters. The molecule has 0 amide bonds. The van der Waals surface area contributed by atoms with Crippen molar-refractivity contribution >= 4 is 5.69 Å². The van der Waals surface area contributed by atoms with E-state index >= 15 is 4.39 Å². The Labute approximate surface area is 223 Å². The van der Waals surface area contributed by atoms with Crippen molar-refractivity contribution in [3.63, 3.8) is 0 Å². The maximum absolute atomic E-state index is 15.5. The van der Waals surface area contributed by atoms with E-state index in [0.717, 1.165) is 61.8 Å². The Morgan fingerprint density at radius 2 is 1.85 bits per heavy atom. The van der Waals surface area contributed by atoms with Crippen molar-refractivity contribution in [2.75, 3.05) is 5.32 Å². The largest absolute Gasteiger partial charge is 0.490 e. The average Bonchev–Trinajstić information content (AvgIpc) is 3.25. The van der Waals surface area contributed by atoms with Crippen LogP contribution >= 0.6 is 0 Å². The van der Waals surface area contributed by atoms with Gasteiger partial charge in [0.05, 0.1) is 11.7 Å². The highest BCUT2D eigenvalue weighted by Crippen LogP contribution is 2.38. The van der Waals surface area contributed by atoms with Gasteiger partial charge < -0.3 is 15.2 Å². The minimum atomic E-state index is -4.66. The van der Waals surface area contributed by atoms with Crippen LogP contribution in [0, 0.1) is 11.7 Å². The number of hydrogen-bond acceptors (Lipinski definition) is 5. The number of aliphatic hydroxyl groups excluding tert-OH is 1. The summed E-state index contributed by atoms with van der Waals surface area (Å²) in [6.45, 7) is 2.39. The van der Waals surface area contributed by atoms with Crippen LogP contribution in [0.3, 0.4) is 0 Å². The highest BCUT2D eigenvalue weighted by atomic mass is 19.4. The summed E-state index contributed by atoms with van der Waals surface area (Å²) in [4.78, 5) is 13.0. The monoisotopic (exact) mass is 548 g/mol. The molecule has 0 saturated heterocycles. The smallest absolute Gasteiger partial charge is 0.418 e. The summed E-state index contributed by atoms with van der Waals surface area (Å²) in [6.07, 6.45) is 0.801. The van der Waals surface area contributed by atoms with Gasteiger partial charge in [-0.25, -0.2) is 9.18 Å². The van der Waals surface area contributed by atoms with Crippen LogP contribution in [0.25, 0.3) is 5.69 Å². The van der Waals surface area contributed by atoms with Crippen LogP contribution in [0.4, 0.5) is 23.2 Å². The summed E-state index contributed by atoms with van der Waals surface area (Å²) in [6, 6.07) is 7.05. The van der Waals surface area contributed by atoms with Crippen LogP contribution < -0.4 is 15.7 Å². The number of nitrogens with zero attached hydrogens (tertiary/aromatic N) is 3. The maximum atomic E-state index is 15.5. The summed E-state index contributed by atoms with van der Waals surface area (Å²) < 4.78 is 65.0. The Morgan fingerprint density at radius 1 is 1.10 bits per heavy atom. The number of benzene rings is 2. The Balaban J connectivity index is 1.54. The van der Waals surface area contributed by atoms with Crippen LogP contribution in [0.5, 0.6) is 5.75 Å². The number of aryl methyl sites for hydroxylation is 1. The van der Waals surface area contributed by atoms with Gasteiger partial charge in [-0.1, -0.05) is 31.4 Å². The van der Waals surface area contributed by atoms with Gasteiger partial charge >= 0.3 is 11.9 Å². The third-order valence-corrected chi connectivity index (χ3v) is 7.72. The second-order valence-electron chi connectivity index (χ2n) is 10.4. The topological polar surface area (TPSA) is 81.3 Å². The first-order valence-electron chi connectivity index (χ1n) is 13.4. The molecule has 2 heterocycles. The van der Waals surface area contributed by atoms with E-state index in [1.165, 1.54) is 28.8 Å². The van der Waals surface area contributed by atoms with E-state index < -0.39 is 29.5 Å². The molecule has 210 valence electrons. The normalized spacial score (nSPS) is 17.9. The zero-order valence-corrected chi connectivity index (χ0v) is 21.7. The summed E-state index contributed by atoms with van der Waals surface area (Å²) in [5.74, 6) is 0.0223. The lowest BCUT2D eigenvalue weighted by atomic mass is 9.86. The fourth-order valence-electron chi connectivity index (χ4n) is 5.57. The van der Waals surface area contributed by atoms with Gasteiger partial charge in [-0.05, 0) is 56.7 Å². The lowest BCUT2D eigenvalue weighted by Crippen LogP contribution is -2.28. The first-order chi connectivity index (χ1) is 18.6. The number of ether oxygens (including phenoxy) is 1. The van der Waals surface area contributed by atoms with Crippen molar-refractivity contribution in [3.05, 3.63) is 69.7 Å². The van der Waals surface area contributed by atoms with E-state index in [9.17, 15) is 23.1 Å². The Morgan fingerprint density at radius 3 is 2.56 bits per heavy atom. The van der Waals surface area contributed by atoms with E-state index in [0.29, 0.717) is 18.8 Å². The molecular formula is C28H32F4N4O3. The minimum Gasteiger partial charge on any atom is -0.490 e. The molecule has 1 fully saturated rings. The number of fused-ring (bicyclic) bond motifs is 1. The fraction of sp³-hybridized carbons (Fsp3) is 0.500. The molecule has 2 aromatic carbocycles. The van der Waals surface area contributed by atoms with Crippen LogP contribution in [-0.4, -0.2) is 25.6 Å². The predicted molar refractivity (Wildman–Crippen MR) is 137 cm³/mol. The molecule has 2 atom stereocenters. The zero-order chi connectivity index (χ0) is 27.7. The molecule has 1 saturated carbocycles. The first kappa shape index (κ1) is 27.2. The van der Waals surface area contributed by atoms with Gasteiger partial charge in [0.1, 0.15) is 23.1 Å². The van der Waals surface area contributed by atoms with Crippen molar-refractivity contribution < 1.29 is 27.4 Å². The number of nitrogens with one attached hydrogen (secondary N) is 1. The Hall–Kier alpha value is -3.34. The SMILES string of the molecule is C[C@H](Oc1cc(-n2nc3n(c2=O)CCCC3)c(F)cc1C(O)Nc1ccccc1C(F)(F)F)C1CCCCC1. The van der Waals surface area contributed by atoms with E-state index in [4.69, 9.17) is 4.74 Å². The van der Waals surface area contributed by atoms with Crippen LogP contribution in [0.15, 0.2) is 41.2 Å². The molecule has 1 aliphatic heterocycles. The first-order valence-corrected chi connectivity index (χ1v) is 13.4. The standard InChI is InChI=1S/C28H32F4N4O3/c1-17(18-9-3-2-4-10-18)39-24-16-23(36-27(38)35-14-8-7-13-25(35)34-36)21(29)15-19(24)26(37)33-22-12-6-5-11-20(22)28(30,31)32/h5-6,11-12,15-18,26,33,37H,2-4,7-10,13-14H2,1H3/t17-,26?/m0/s1. The van der Waals surface area contributed by atoms with Crippen molar-refractivity contribution in [3.8, 4) is 11.4 Å². The van der Waals surface area contributed by atoms with E-state index in [-0.39, 0.29) is 34.7 Å². The molecule has 39 heavy (non-hydrogen) atoms. The van der Waals surface area contributed by atoms with Crippen LogP contribution in [0.1, 0.15) is 75.0 Å². The number of halogens is 4. The average molecular weight is 549 g/mol. The molecule has 3 aromatic rings. The van der Waals surface area contributed by atoms with Gasteiger partial charge in [0.15, 0.2) is 6.23 Å². The van der Waals surface area contributed by atoms with E-state index in [2.05, 4.69) is 10.4 Å². The highest BCUT2D eigenvalue weighted by Gasteiger charge is 2.34. The Bertz CT molecular complexity index is 1380. The number of aromatic nitrogens is 3. The van der Waals surface area contributed by atoms with Gasteiger partial charge in [-0.3, -0.25) is 4.57 Å². The second-order valence-corrected chi connectivity index (χ2v) is 10.4. The number of alkyl halides is 3. The number of para-hydroxylation sites is 1. The van der Waals surface area contributed by atoms with Gasteiger partial charge in [-0.2, -0.15) is 17.9 Å². The second kappa shape index (κ2) is 11.0.